The number of hydrogen-bond donors (Lipinski definition) is 1. The topological polar surface area (TPSA) is 64.6 Å². The van der Waals surface area contributed by atoms with Gasteiger partial charge in [-0.15, -0.1) is 0 Å². The van der Waals surface area contributed by atoms with Crippen LogP contribution in [0.4, 0.5) is 4.39 Å². The molecule has 0 heterocycles. The molecule has 0 fully saturated rings. The summed E-state index contributed by atoms with van der Waals surface area (Å²) >= 11 is 0. The Morgan fingerprint density at radius 3 is 2.62 bits per heavy atom. The van der Waals surface area contributed by atoms with Crippen LogP contribution in [0.15, 0.2) is 18.2 Å². The molecule has 5 nitrogen and oxygen atoms in total. The van der Waals surface area contributed by atoms with Crippen molar-refractivity contribution in [2.24, 2.45) is 0 Å². The molecular formula is C15H20FNO4. The normalized spacial score (nSPS) is 10.0. The maximum Gasteiger partial charge on any atom is 0.305 e. The van der Waals surface area contributed by atoms with Crippen LogP contribution in [0.2, 0.25) is 0 Å². The van der Waals surface area contributed by atoms with Gasteiger partial charge in [0.25, 0.3) is 0 Å². The van der Waals surface area contributed by atoms with Crippen LogP contribution in [0.5, 0.6) is 5.75 Å². The van der Waals surface area contributed by atoms with Crippen LogP contribution in [0.25, 0.3) is 0 Å². The second-order valence-electron chi connectivity index (χ2n) is 4.50. The van der Waals surface area contributed by atoms with Crippen LogP contribution < -0.4 is 10.1 Å². The molecule has 0 unspecified atom stereocenters. The molecule has 0 bridgehead atoms. The van der Waals surface area contributed by atoms with Crippen LogP contribution in [0.1, 0.15) is 24.8 Å². The van der Waals surface area contributed by atoms with Gasteiger partial charge in [-0.05, 0) is 30.5 Å². The zero-order chi connectivity index (χ0) is 15.7. The first-order chi connectivity index (χ1) is 10.1. The van der Waals surface area contributed by atoms with Gasteiger partial charge in [0, 0.05) is 19.4 Å². The average Bonchev–Trinajstić information content (AvgIpc) is 2.49. The molecule has 0 aliphatic rings. The Hall–Kier alpha value is -2.11. The lowest BCUT2D eigenvalue weighted by Gasteiger charge is -2.06. The summed E-state index contributed by atoms with van der Waals surface area (Å²) < 4.78 is 22.8. The Morgan fingerprint density at radius 2 is 2.00 bits per heavy atom. The summed E-state index contributed by atoms with van der Waals surface area (Å²) in [6, 6.07) is 4.63. The highest BCUT2D eigenvalue weighted by atomic mass is 19.1. The van der Waals surface area contributed by atoms with Gasteiger partial charge in [0.05, 0.1) is 14.2 Å². The van der Waals surface area contributed by atoms with Gasteiger partial charge in [0.15, 0.2) is 11.6 Å². The monoisotopic (exact) mass is 297 g/mol. The molecule has 0 saturated carbocycles. The first-order valence-electron chi connectivity index (χ1n) is 6.72. The van der Waals surface area contributed by atoms with E-state index in [0.717, 1.165) is 5.56 Å². The van der Waals surface area contributed by atoms with Gasteiger partial charge in [0.2, 0.25) is 5.91 Å². The molecule has 1 rings (SSSR count). The Bertz CT molecular complexity index is 491. The van der Waals surface area contributed by atoms with E-state index in [-0.39, 0.29) is 30.5 Å². The van der Waals surface area contributed by atoms with Crippen molar-refractivity contribution < 1.29 is 23.5 Å². The van der Waals surface area contributed by atoms with Crippen molar-refractivity contribution in [1.29, 1.82) is 0 Å². The van der Waals surface area contributed by atoms with Gasteiger partial charge >= 0.3 is 5.97 Å². The molecule has 0 atom stereocenters. The Balaban J connectivity index is 2.26. The van der Waals surface area contributed by atoms with E-state index in [4.69, 9.17) is 4.74 Å². The highest BCUT2D eigenvalue weighted by Crippen LogP contribution is 2.18. The molecule has 1 aromatic carbocycles. The summed E-state index contributed by atoms with van der Waals surface area (Å²) in [6.45, 7) is 0.422. The molecular weight excluding hydrogens is 277 g/mol. The molecule has 1 aromatic rings. The number of esters is 1. The molecule has 0 aromatic heterocycles. The lowest BCUT2D eigenvalue weighted by atomic mass is 10.1. The highest BCUT2D eigenvalue weighted by molar-refractivity contribution is 5.76. The highest BCUT2D eigenvalue weighted by Gasteiger charge is 2.06. The summed E-state index contributed by atoms with van der Waals surface area (Å²) in [5.41, 5.74) is 0.734. The lowest BCUT2D eigenvalue weighted by molar-refractivity contribution is -0.140. The number of aryl methyl sites for hydroxylation is 1. The predicted octanol–water partition coefficient (Wildman–Crippen LogP) is 1.84. The SMILES string of the molecule is COC(=O)CCCNC(=O)CCc1ccc(OC)c(F)c1. The van der Waals surface area contributed by atoms with E-state index in [1.807, 2.05) is 0 Å². The average molecular weight is 297 g/mol. The zero-order valence-corrected chi connectivity index (χ0v) is 12.3. The van der Waals surface area contributed by atoms with Crippen molar-refractivity contribution in [2.45, 2.75) is 25.7 Å². The molecule has 0 radical (unpaired) electrons. The first-order valence-corrected chi connectivity index (χ1v) is 6.72. The fourth-order valence-electron chi connectivity index (χ4n) is 1.77. The van der Waals surface area contributed by atoms with Crippen molar-refractivity contribution >= 4 is 11.9 Å². The van der Waals surface area contributed by atoms with Crippen molar-refractivity contribution in [2.75, 3.05) is 20.8 Å². The molecule has 1 amide bonds. The third kappa shape index (κ3) is 6.25. The Kier molecular flexibility index (Phi) is 7.21. The number of nitrogens with one attached hydrogen (secondary N) is 1. The van der Waals surface area contributed by atoms with Crippen molar-refractivity contribution in [3.8, 4) is 5.75 Å². The largest absolute Gasteiger partial charge is 0.494 e. The number of methoxy groups -OCH3 is 2. The molecule has 6 heteroatoms. The third-order valence-corrected chi connectivity index (χ3v) is 2.96. The second-order valence-corrected chi connectivity index (χ2v) is 4.50. The van der Waals surface area contributed by atoms with Gasteiger partial charge in [-0.1, -0.05) is 6.07 Å². The summed E-state index contributed by atoms with van der Waals surface area (Å²) in [6.07, 6.45) is 1.53. The van der Waals surface area contributed by atoms with Crippen LogP contribution in [0, 0.1) is 5.82 Å². The number of rotatable bonds is 8. The number of carbonyl (C=O) groups excluding carboxylic acids is 2. The van der Waals surface area contributed by atoms with Gasteiger partial charge in [-0.25, -0.2) is 4.39 Å². The summed E-state index contributed by atoms with van der Waals surface area (Å²) in [5, 5.41) is 2.70. The number of ether oxygens (including phenoxy) is 2. The van der Waals surface area contributed by atoms with E-state index in [1.54, 1.807) is 12.1 Å². The van der Waals surface area contributed by atoms with E-state index < -0.39 is 5.82 Å². The minimum atomic E-state index is -0.437. The molecule has 1 N–H and O–H groups in total. The number of amides is 1. The van der Waals surface area contributed by atoms with Crippen molar-refractivity contribution in [1.82, 2.24) is 5.32 Å². The number of halogens is 1. The molecule has 0 aliphatic carbocycles. The van der Waals surface area contributed by atoms with Crippen LogP contribution >= 0.6 is 0 Å². The van der Waals surface area contributed by atoms with Gasteiger partial charge in [-0.3, -0.25) is 9.59 Å². The Labute approximate surface area is 123 Å². The van der Waals surface area contributed by atoms with Crippen molar-refractivity contribution in [3.63, 3.8) is 0 Å². The zero-order valence-electron chi connectivity index (χ0n) is 12.3. The molecule has 0 aliphatic heterocycles. The Morgan fingerprint density at radius 1 is 1.24 bits per heavy atom. The van der Waals surface area contributed by atoms with Crippen LogP contribution in [-0.2, 0) is 20.7 Å². The van der Waals surface area contributed by atoms with Crippen LogP contribution in [0.3, 0.4) is 0 Å². The van der Waals surface area contributed by atoms with E-state index in [9.17, 15) is 14.0 Å². The summed E-state index contributed by atoms with van der Waals surface area (Å²) in [4.78, 5) is 22.5. The fourth-order valence-corrected chi connectivity index (χ4v) is 1.77. The quantitative estimate of drug-likeness (QED) is 0.587. The van der Waals surface area contributed by atoms with E-state index in [1.165, 1.54) is 20.3 Å². The van der Waals surface area contributed by atoms with Crippen molar-refractivity contribution in [3.05, 3.63) is 29.6 Å². The first kappa shape index (κ1) is 16.9. The maximum absolute atomic E-state index is 13.5. The minimum Gasteiger partial charge on any atom is -0.494 e. The van der Waals surface area contributed by atoms with Gasteiger partial charge < -0.3 is 14.8 Å². The van der Waals surface area contributed by atoms with E-state index >= 15 is 0 Å². The number of benzene rings is 1. The number of carbonyl (C=O) groups is 2. The third-order valence-electron chi connectivity index (χ3n) is 2.96. The molecule has 0 spiro atoms. The lowest BCUT2D eigenvalue weighted by Crippen LogP contribution is -2.25. The summed E-state index contributed by atoms with van der Waals surface area (Å²) in [7, 11) is 2.73. The van der Waals surface area contributed by atoms with E-state index in [2.05, 4.69) is 10.1 Å². The molecule has 116 valence electrons. The van der Waals surface area contributed by atoms with Gasteiger partial charge in [0.1, 0.15) is 0 Å². The maximum atomic E-state index is 13.5. The predicted molar refractivity (Wildman–Crippen MR) is 75.5 cm³/mol. The summed E-state index contributed by atoms with van der Waals surface area (Å²) in [5.74, 6) is -0.673. The molecule has 21 heavy (non-hydrogen) atoms. The van der Waals surface area contributed by atoms with Gasteiger partial charge in [-0.2, -0.15) is 0 Å². The van der Waals surface area contributed by atoms with Crippen LogP contribution in [-0.4, -0.2) is 32.6 Å². The standard InChI is InChI=1S/C15H20FNO4/c1-20-13-7-5-11(10-12(13)16)6-8-14(18)17-9-3-4-15(19)21-2/h5,7,10H,3-4,6,8-9H2,1-2H3,(H,17,18). The second kappa shape index (κ2) is 8.94. The fraction of sp³-hybridized carbons (Fsp3) is 0.467. The van der Waals surface area contributed by atoms with E-state index in [0.29, 0.717) is 19.4 Å². The smallest absolute Gasteiger partial charge is 0.305 e. The minimum absolute atomic E-state index is 0.129. The number of hydrogen-bond acceptors (Lipinski definition) is 4. The molecule has 0 saturated heterocycles.